The minimum atomic E-state index is -0.533. The number of aryl methyl sites for hydroxylation is 2. The number of phenolic OH excluding ortho intramolecular Hbond substituents is 1. The van der Waals surface area contributed by atoms with E-state index in [1.54, 1.807) is 37.7 Å². The standard InChI is InChI=1S/C17H18N4O5/c1-4-26-17(23)12-8-19(3)13-5-6-14(22)11(16(12)13)9-20-10(2)18-7-15(20)21(24)25/h5-8,22H,4,9H2,1-3H3. The second kappa shape index (κ2) is 6.51. The van der Waals surface area contributed by atoms with Gasteiger partial charge in [0.2, 0.25) is 0 Å². The van der Waals surface area contributed by atoms with Gasteiger partial charge in [0.05, 0.1) is 12.2 Å². The molecule has 0 spiro atoms. The van der Waals surface area contributed by atoms with Crippen LogP contribution < -0.4 is 0 Å². The molecule has 9 nitrogen and oxygen atoms in total. The second-order valence-electron chi connectivity index (χ2n) is 5.84. The van der Waals surface area contributed by atoms with E-state index in [1.807, 2.05) is 0 Å². The molecule has 3 rings (SSSR count). The number of carbonyl (C=O) groups excluding carboxylic acids is 1. The Bertz CT molecular complexity index is 1020. The summed E-state index contributed by atoms with van der Waals surface area (Å²) in [7, 11) is 1.77. The molecule has 0 aliphatic rings. The van der Waals surface area contributed by atoms with Gasteiger partial charge in [0.1, 0.15) is 18.5 Å². The van der Waals surface area contributed by atoms with Crippen molar-refractivity contribution in [3.63, 3.8) is 0 Å². The first-order chi connectivity index (χ1) is 12.3. The monoisotopic (exact) mass is 358 g/mol. The van der Waals surface area contributed by atoms with Gasteiger partial charge in [-0.05, 0) is 24.0 Å². The van der Waals surface area contributed by atoms with Crippen molar-refractivity contribution in [1.82, 2.24) is 14.1 Å². The van der Waals surface area contributed by atoms with E-state index in [1.165, 1.54) is 16.8 Å². The second-order valence-corrected chi connectivity index (χ2v) is 5.84. The Hall–Kier alpha value is -3.36. The van der Waals surface area contributed by atoms with E-state index >= 15 is 0 Å². The molecular formula is C17H18N4O5. The molecule has 9 heteroatoms. The van der Waals surface area contributed by atoms with Gasteiger partial charge < -0.3 is 24.5 Å². The SMILES string of the molecule is CCOC(=O)c1cn(C)c2ccc(O)c(Cn3c([N+](=O)[O-])cnc3C)c12. The lowest BCUT2D eigenvalue weighted by molar-refractivity contribution is -0.392. The van der Waals surface area contributed by atoms with Gasteiger partial charge in [-0.2, -0.15) is 0 Å². The molecule has 0 fully saturated rings. The lowest BCUT2D eigenvalue weighted by Gasteiger charge is -2.09. The average Bonchev–Trinajstić information content (AvgIpc) is 3.11. The minimum absolute atomic E-state index is 0.00172. The Labute approximate surface area is 148 Å². The highest BCUT2D eigenvalue weighted by Crippen LogP contribution is 2.33. The third kappa shape index (κ3) is 2.77. The molecule has 0 amide bonds. The van der Waals surface area contributed by atoms with Crippen LogP contribution in [0.1, 0.15) is 28.7 Å². The summed E-state index contributed by atoms with van der Waals surface area (Å²) < 4.78 is 8.24. The van der Waals surface area contributed by atoms with Gasteiger partial charge >= 0.3 is 11.8 Å². The lowest BCUT2D eigenvalue weighted by atomic mass is 10.0. The fourth-order valence-electron chi connectivity index (χ4n) is 3.03. The predicted octanol–water partition coefficient (Wildman–Crippen LogP) is 2.52. The van der Waals surface area contributed by atoms with E-state index in [2.05, 4.69) is 4.98 Å². The number of carbonyl (C=O) groups is 1. The highest BCUT2D eigenvalue weighted by molar-refractivity contribution is 6.06. The molecule has 0 radical (unpaired) electrons. The molecule has 136 valence electrons. The summed E-state index contributed by atoms with van der Waals surface area (Å²) in [5.74, 6) is -0.326. The van der Waals surface area contributed by atoms with E-state index in [-0.39, 0.29) is 24.7 Å². The van der Waals surface area contributed by atoms with Crippen LogP contribution in [0.3, 0.4) is 0 Å². The van der Waals surface area contributed by atoms with Crippen molar-refractivity contribution in [2.45, 2.75) is 20.4 Å². The number of hydrogen-bond acceptors (Lipinski definition) is 6. The number of esters is 1. The van der Waals surface area contributed by atoms with Gasteiger partial charge in [0.15, 0.2) is 5.82 Å². The van der Waals surface area contributed by atoms with Gasteiger partial charge in [0.25, 0.3) is 0 Å². The molecule has 2 aromatic heterocycles. The van der Waals surface area contributed by atoms with Gasteiger partial charge in [-0.25, -0.2) is 14.3 Å². The number of aromatic nitrogens is 3. The van der Waals surface area contributed by atoms with E-state index in [0.29, 0.717) is 27.9 Å². The Morgan fingerprint density at radius 3 is 2.81 bits per heavy atom. The Kier molecular flexibility index (Phi) is 4.37. The number of nitrogens with zero attached hydrogens (tertiary/aromatic N) is 4. The maximum absolute atomic E-state index is 12.3. The fraction of sp³-hybridized carbons (Fsp3) is 0.294. The number of aromatic hydroxyl groups is 1. The summed E-state index contributed by atoms with van der Waals surface area (Å²) in [6.07, 6.45) is 2.80. The van der Waals surface area contributed by atoms with Crippen molar-refractivity contribution in [3.05, 3.63) is 51.6 Å². The quantitative estimate of drug-likeness (QED) is 0.426. The first-order valence-electron chi connectivity index (χ1n) is 7.98. The van der Waals surface area contributed by atoms with Gasteiger partial charge in [-0.1, -0.05) is 0 Å². The predicted molar refractivity (Wildman–Crippen MR) is 93.3 cm³/mol. The average molecular weight is 358 g/mol. The number of hydrogen-bond donors (Lipinski definition) is 1. The zero-order valence-corrected chi connectivity index (χ0v) is 14.6. The summed E-state index contributed by atoms with van der Waals surface area (Å²) in [6.45, 7) is 3.57. The van der Waals surface area contributed by atoms with Gasteiger partial charge in [-0.3, -0.25) is 0 Å². The molecule has 0 atom stereocenters. The molecule has 0 aliphatic carbocycles. The van der Waals surface area contributed by atoms with Crippen LogP contribution in [0.4, 0.5) is 5.82 Å². The molecule has 0 unspecified atom stereocenters. The minimum Gasteiger partial charge on any atom is -0.507 e. The summed E-state index contributed by atoms with van der Waals surface area (Å²) in [5, 5.41) is 22.2. The largest absolute Gasteiger partial charge is 0.507 e. The van der Waals surface area contributed by atoms with E-state index < -0.39 is 10.9 Å². The maximum atomic E-state index is 12.3. The van der Waals surface area contributed by atoms with Crippen LogP contribution in [-0.4, -0.2) is 36.7 Å². The Balaban J connectivity index is 2.23. The third-order valence-electron chi connectivity index (χ3n) is 4.27. The van der Waals surface area contributed by atoms with Crippen molar-refractivity contribution < 1.29 is 19.6 Å². The van der Waals surface area contributed by atoms with Crippen molar-refractivity contribution in [2.75, 3.05) is 6.61 Å². The number of rotatable bonds is 5. The molecule has 0 saturated carbocycles. The number of benzene rings is 1. The zero-order valence-electron chi connectivity index (χ0n) is 14.6. The Morgan fingerprint density at radius 1 is 1.42 bits per heavy atom. The highest BCUT2D eigenvalue weighted by atomic mass is 16.6. The van der Waals surface area contributed by atoms with E-state index in [0.717, 1.165) is 0 Å². The molecular weight excluding hydrogens is 340 g/mol. The van der Waals surface area contributed by atoms with Crippen LogP contribution in [0.15, 0.2) is 24.5 Å². The zero-order chi connectivity index (χ0) is 19.0. The first-order valence-corrected chi connectivity index (χ1v) is 7.98. The molecule has 0 saturated heterocycles. The maximum Gasteiger partial charge on any atom is 0.343 e. The summed E-state index contributed by atoms with van der Waals surface area (Å²) in [5.41, 5.74) is 1.41. The van der Waals surface area contributed by atoms with Crippen LogP contribution >= 0.6 is 0 Å². The summed E-state index contributed by atoms with van der Waals surface area (Å²) >= 11 is 0. The third-order valence-corrected chi connectivity index (χ3v) is 4.27. The van der Waals surface area contributed by atoms with Gasteiger partial charge in [0, 0.05) is 36.6 Å². The molecule has 26 heavy (non-hydrogen) atoms. The molecule has 1 N–H and O–H groups in total. The van der Waals surface area contributed by atoms with Crippen LogP contribution in [0.5, 0.6) is 5.75 Å². The molecule has 0 bridgehead atoms. The van der Waals surface area contributed by atoms with Crippen LogP contribution in [-0.2, 0) is 18.3 Å². The number of nitro groups is 1. The van der Waals surface area contributed by atoms with Crippen LogP contribution in [0.25, 0.3) is 10.9 Å². The number of fused-ring (bicyclic) bond motifs is 1. The number of phenols is 1. The van der Waals surface area contributed by atoms with Crippen LogP contribution in [0.2, 0.25) is 0 Å². The van der Waals surface area contributed by atoms with E-state index in [9.17, 15) is 20.0 Å². The van der Waals surface area contributed by atoms with Crippen molar-refractivity contribution in [1.29, 1.82) is 0 Å². The van der Waals surface area contributed by atoms with Crippen LogP contribution in [0, 0.1) is 17.0 Å². The van der Waals surface area contributed by atoms with Gasteiger partial charge in [-0.15, -0.1) is 0 Å². The summed E-state index contributed by atoms with van der Waals surface area (Å²) in [4.78, 5) is 27.0. The smallest absolute Gasteiger partial charge is 0.343 e. The number of imidazole rings is 1. The fourth-order valence-corrected chi connectivity index (χ4v) is 3.03. The molecule has 0 aliphatic heterocycles. The molecule has 3 aromatic rings. The van der Waals surface area contributed by atoms with Crippen molar-refractivity contribution in [2.24, 2.45) is 7.05 Å². The summed E-state index contributed by atoms with van der Waals surface area (Å²) in [6, 6.07) is 3.19. The highest BCUT2D eigenvalue weighted by Gasteiger charge is 2.24. The van der Waals surface area contributed by atoms with E-state index in [4.69, 9.17) is 4.74 Å². The van der Waals surface area contributed by atoms with Crippen molar-refractivity contribution >= 4 is 22.7 Å². The lowest BCUT2D eigenvalue weighted by Crippen LogP contribution is -2.09. The first kappa shape index (κ1) is 17.5. The topological polar surface area (TPSA) is 112 Å². The Morgan fingerprint density at radius 2 is 2.15 bits per heavy atom. The number of ether oxygens (including phenoxy) is 1. The van der Waals surface area contributed by atoms with Crippen molar-refractivity contribution in [3.8, 4) is 5.75 Å². The molecule has 2 heterocycles. The molecule has 1 aromatic carbocycles. The normalized spacial score (nSPS) is 11.0.